The molecule has 4 nitrogen and oxygen atoms in total. The summed E-state index contributed by atoms with van der Waals surface area (Å²) in [4.78, 5) is 10.4. The zero-order chi connectivity index (χ0) is 14.8. The Bertz CT molecular complexity index is 687. The molecule has 0 N–H and O–H groups in total. The van der Waals surface area contributed by atoms with E-state index in [4.69, 9.17) is 4.74 Å². The molecule has 0 aliphatic heterocycles. The molecule has 1 unspecified atom stereocenters. The number of nitro benzene ring substituents is 1. The van der Waals surface area contributed by atoms with E-state index in [-0.39, 0.29) is 5.69 Å². The summed E-state index contributed by atoms with van der Waals surface area (Å²) in [7, 11) is 0. The lowest BCUT2D eigenvalue weighted by Gasteiger charge is -2.30. The van der Waals surface area contributed by atoms with E-state index < -0.39 is 4.92 Å². The van der Waals surface area contributed by atoms with Crippen LogP contribution in [0.3, 0.4) is 0 Å². The highest BCUT2D eigenvalue weighted by Gasteiger charge is 2.26. The van der Waals surface area contributed by atoms with Gasteiger partial charge in [-0.3, -0.25) is 10.1 Å². The van der Waals surface area contributed by atoms with E-state index in [1.165, 1.54) is 17.2 Å². The standard InChI is InChI=1S/C16H14BrNO3/c17-9-12-8-14(18(19)20)5-6-16(12)21-10-13-7-11-3-1-2-4-15(11)13/h1-6,8,13H,7,9-10H2. The highest BCUT2D eigenvalue weighted by atomic mass is 79.9. The molecule has 1 aliphatic carbocycles. The van der Waals surface area contributed by atoms with Gasteiger partial charge in [0.25, 0.3) is 5.69 Å². The number of ether oxygens (including phenoxy) is 1. The van der Waals surface area contributed by atoms with Gasteiger partial charge in [0.2, 0.25) is 0 Å². The Hall–Kier alpha value is -1.88. The molecule has 0 heterocycles. The van der Waals surface area contributed by atoms with Crippen molar-refractivity contribution in [3.8, 4) is 5.75 Å². The molecule has 0 saturated carbocycles. The molecule has 0 amide bonds. The number of nitrogens with zero attached hydrogens (tertiary/aromatic N) is 1. The van der Waals surface area contributed by atoms with Crippen molar-refractivity contribution in [3.63, 3.8) is 0 Å². The predicted octanol–water partition coefficient (Wildman–Crippen LogP) is 4.21. The Labute approximate surface area is 131 Å². The van der Waals surface area contributed by atoms with E-state index in [2.05, 4.69) is 34.1 Å². The summed E-state index contributed by atoms with van der Waals surface area (Å²) in [5.41, 5.74) is 3.62. The topological polar surface area (TPSA) is 52.4 Å². The van der Waals surface area contributed by atoms with Crippen LogP contribution < -0.4 is 4.74 Å². The van der Waals surface area contributed by atoms with Crippen LogP contribution in [0.15, 0.2) is 42.5 Å². The SMILES string of the molecule is O=[N+]([O-])c1ccc(OCC2Cc3ccccc32)c(CBr)c1. The van der Waals surface area contributed by atoms with Gasteiger partial charge < -0.3 is 4.74 Å². The Kier molecular flexibility index (Phi) is 3.92. The summed E-state index contributed by atoms with van der Waals surface area (Å²) in [5.74, 6) is 1.13. The number of rotatable bonds is 5. The number of fused-ring (bicyclic) bond motifs is 1. The first kappa shape index (κ1) is 14.1. The van der Waals surface area contributed by atoms with Crippen molar-refractivity contribution in [1.82, 2.24) is 0 Å². The molecule has 2 aromatic rings. The van der Waals surface area contributed by atoms with E-state index >= 15 is 0 Å². The third-order valence-corrected chi connectivity index (χ3v) is 4.40. The molecule has 1 atom stereocenters. The van der Waals surface area contributed by atoms with Crippen molar-refractivity contribution in [2.75, 3.05) is 6.61 Å². The van der Waals surface area contributed by atoms with Gasteiger partial charge in [-0.25, -0.2) is 0 Å². The molecule has 1 aliphatic rings. The first-order valence-electron chi connectivity index (χ1n) is 6.73. The van der Waals surface area contributed by atoms with Crippen LogP contribution in [0.25, 0.3) is 0 Å². The van der Waals surface area contributed by atoms with Gasteiger partial charge in [0.05, 0.1) is 11.5 Å². The predicted molar refractivity (Wildman–Crippen MR) is 84.1 cm³/mol. The van der Waals surface area contributed by atoms with Gasteiger partial charge in [0.15, 0.2) is 0 Å². The van der Waals surface area contributed by atoms with Crippen molar-refractivity contribution in [2.45, 2.75) is 17.7 Å². The van der Waals surface area contributed by atoms with Crippen LogP contribution in [0, 0.1) is 10.1 Å². The molecule has 5 heteroatoms. The fourth-order valence-corrected chi connectivity index (χ4v) is 3.06. The Morgan fingerprint density at radius 1 is 1.29 bits per heavy atom. The summed E-state index contributed by atoms with van der Waals surface area (Å²) < 4.78 is 5.87. The molecule has 108 valence electrons. The lowest BCUT2D eigenvalue weighted by molar-refractivity contribution is -0.384. The highest BCUT2D eigenvalue weighted by molar-refractivity contribution is 9.08. The number of hydrogen-bond donors (Lipinski definition) is 0. The van der Waals surface area contributed by atoms with Crippen LogP contribution >= 0.6 is 15.9 Å². The zero-order valence-electron chi connectivity index (χ0n) is 11.3. The summed E-state index contributed by atoms with van der Waals surface area (Å²) in [6, 6.07) is 13.1. The molecule has 0 fully saturated rings. The molecule has 0 radical (unpaired) electrons. The van der Waals surface area contributed by atoms with Crippen molar-refractivity contribution in [1.29, 1.82) is 0 Å². The van der Waals surface area contributed by atoms with Crippen LogP contribution in [-0.4, -0.2) is 11.5 Å². The second kappa shape index (κ2) is 5.85. The number of halogens is 1. The quantitative estimate of drug-likeness (QED) is 0.462. The van der Waals surface area contributed by atoms with Crippen LogP contribution in [0.5, 0.6) is 5.75 Å². The molecule has 0 saturated heterocycles. The second-order valence-electron chi connectivity index (χ2n) is 5.09. The van der Waals surface area contributed by atoms with Crippen LogP contribution in [0.4, 0.5) is 5.69 Å². The van der Waals surface area contributed by atoms with Gasteiger partial charge in [-0.2, -0.15) is 0 Å². The molecule has 0 aromatic heterocycles. The number of hydrogen-bond acceptors (Lipinski definition) is 3. The number of benzene rings is 2. The van der Waals surface area contributed by atoms with Crippen molar-refractivity contribution >= 4 is 21.6 Å². The third-order valence-electron chi connectivity index (χ3n) is 3.80. The van der Waals surface area contributed by atoms with Gasteiger partial charge in [0.1, 0.15) is 5.75 Å². The van der Waals surface area contributed by atoms with Crippen LogP contribution in [-0.2, 0) is 11.8 Å². The van der Waals surface area contributed by atoms with Crippen molar-refractivity contribution in [2.24, 2.45) is 0 Å². The molecule has 2 aromatic carbocycles. The summed E-state index contributed by atoms with van der Waals surface area (Å²) in [5, 5.41) is 11.3. The van der Waals surface area contributed by atoms with E-state index in [0.29, 0.717) is 23.6 Å². The van der Waals surface area contributed by atoms with E-state index in [1.807, 2.05) is 6.07 Å². The van der Waals surface area contributed by atoms with E-state index in [0.717, 1.165) is 12.0 Å². The van der Waals surface area contributed by atoms with E-state index in [9.17, 15) is 10.1 Å². The Balaban J connectivity index is 1.70. The largest absolute Gasteiger partial charge is 0.493 e. The number of nitro groups is 1. The number of alkyl halides is 1. The maximum atomic E-state index is 10.8. The monoisotopic (exact) mass is 347 g/mol. The van der Waals surface area contributed by atoms with Gasteiger partial charge in [-0.05, 0) is 23.6 Å². The third kappa shape index (κ3) is 2.78. The molecular formula is C16H14BrNO3. The molecular weight excluding hydrogens is 334 g/mol. The minimum Gasteiger partial charge on any atom is -0.493 e. The summed E-state index contributed by atoms with van der Waals surface area (Å²) >= 11 is 3.35. The fourth-order valence-electron chi connectivity index (χ4n) is 2.63. The van der Waals surface area contributed by atoms with Gasteiger partial charge in [0, 0.05) is 28.9 Å². The average Bonchev–Trinajstić information content (AvgIpc) is 2.48. The van der Waals surface area contributed by atoms with Gasteiger partial charge in [-0.1, -0.05) is 40.2 Å². The first-order valence-corrected chi connectivity index (χ1v) is 7.85. The fraction of sp³-hybridized carbons (Fsp3) is 0.250. The first-order chi connectivity index (χ1) is 10.2. The van der Waals surface area contributed by atoms with E-state index in [1.54, 1.807) is 12.1 Å². The van der Waals surface area contributed by atoms with Crippen molar-refractivity contribution < 1.29 is 9.66 Å². The van der Waals surface area contributed by atoms with Crippen molar-refractivity contribution in [3.05, 3.63) is 69.3 Å². The number of non-ortho nitro benzene ring substituents is 1. The lowest BCUT2D eigenvalue weighted by Crippen LogP contribution is -2.23. The Morgan fingerprint density at radius 3 is 2.81 bits per heavy atom. The highest BCUT2D eigenvalue weighted by Crippen LogP contribution is 2.36. The summed E-state index contributed by atoms with van der Waals surface area (Å²) in [6.45, 7) is 0.606. The lowest BCUT2D eigenvalue weighted by atomic mass is 9.78. The second-order valence-corrected chi connectivity index (χ2v) is 5.65. The normalized spacial score (nSPS) is 16.0. The zero-order valence-corrected chi connectivity index (χ0v) is 12.9. The maximum Gasteiger partial charge on any atom is 0.270 e. The van der Waals surface area contributed by atoms with Crippen LogP contribution in [0.1, 0.15) is 22.6 Å². The molecule has 0 bridgehead atoms. The molecule has 3 rings (SSSR count). The average molecular weight is 348 g/mol. The molecule has 0 spiro atoms. The minimum atomic E-state index is -0.391. The Morgan fingerprint density at radius 2 is 2.10 bits per heavy atom. The van der Waals surface area contributed by atoms with Gasteiger partial charge in [-0.15, -0.1) is 0 Å². The van der Waals surface area contributed by atoms with Gasteiger partial charge >= 0.3 is 0 Å². The smallest absolute Gasteiger partial charge is 0.270 e. The van der Waals surface area contributed by atoms with Crippen LogP contribution in [0.2, 0.25) is 0 Å². The maximum absolute atomic E-state index is 10.8. The minimum absolute atomic E-state index is 0.0887. The summed E-state index contributed by atoms with van der Waals surface area (Å²) in [6.07, 6.45) is 1.03. The molecule has 21 heavy (non-hydrogen) atoms.